The third-order valence-corrected chi connectivity index (χ3v) is 3.52. The molecule has 0 unspecified atom stereocenters. The summed E-state index contributed by atoms with van der Waals surface area (Å²) in [5.74, 6) is 0.208. The number of aliphatic hydroxyl groups excluding tert-OH is 1. The zero-order valence-corrected chi connectivity index (χ0v) is 13.1. The lowest BCUT2D eigenvalue weighted by atomic mass is 10.1. The Balaban J connectivity index is 1.76. The highest BCUT2D eigenvalue weighted by atomic mass is 16.4. The summed E-state index contributed by atoms with van der Waals surface area (Å²) in [6.07, 6.45) is 1.91. The predicted molar refractivity (Wildman–Crippen MR) is 86.8 cm³/mol. The molecule has 2 aromatic heterocycles. The Morgan fingerprint density at radius 2 is 2.04 bits per heavy atom. The molecule has 0 saturated carbocycles. The highest BCUT2D eigenvalue weighted by molar-refractivity contribution is 5.93. The van der Waals surface area contributed by atoms with Crippen molar-refractivity contribution >= 4 is 11.8 Å². The van der Waals surface area contributed by atoms with Gasteiger partial charge < -0.3 is 20.2 Å². The smallest absolute Gasteiger partial charge is 0.325 e. The molecule has 0 radical (unpaired) electrons. The number of nitrogens with zero attached hydrogens (tertiary/aromatic N) is 3. The molecule has 0 saturated heterocycles. The molecule has 2 heterocycles. The van der Waals surface area contributed by atoms with Crippen LogP contribution in [0.2, 0.25) is 0 Å². The van der Waals surface area contributed by atoms with Crippen LogP contribution in [0.4, 0.5) is 0 Å². The third kappa shape index (κ3) is 3.61. The molecule has 3 rings (SSSR count). The van der Waals surface area contributed by atoms with Gasteiger partial charge in [0.25, 0.3) is 5.91 Å². The minimum Gasteiger partial charge on any atom is -0.416 e. The Bertz CT molecular complexity index is 797. The van der Waals surface area contributed by atoms with E-state index in [2.05, 4.69) is 20.7 Å². The maximum atomic E-state index is 12.4. The zero-order valence-electron chi connectivity index (χ0n) is 13.1. The molecule has 0 aliphatic rings. The van der Waals surface area contributed by atoms with Crippen LogP contribution in [-0.2, 0) is 6.42 Å². The normalized spacial score (nSPS) is 11.0. The molecule has 1 aromatic carbocycles. The second kappa shape index (κ2) is 7.71. The summed E-state index contributed by atoms with van der Waals surface area (Å²) >= 11 is 0. The Morgan fingerprint density at radius 1 is 1.21 bits per heavy atom. The van der Waals surface area contributed by atoms with Gasteiger partial charge in [0.2, 0.25) is 5.76 Å². The van der Waals surface area contributed by atoms with Gasteiger partial charge >= 0.3 is 5.84 Å². The first-order valence-corrected chi connectivity index (χ1v) is 7.74. The third-order valence-electron chi connectivity index (χ3n) is 3.52. The average molecular weight is 329 g/mol. The van der Waals surface area contributed by atoms with E-state index in [1.54, 1.807) is 4.52 Å². The second-order valence-electron chi connectivity index (χ2n) is 5.22. The number of aromatic nitrogens is 3. The fraction of sp³-hybridized carbons (Fsp3) is 0.312. The fourth-order valence-electron chi connectivity index (χ4n) is 2.40. The van der Waals surface area contributed by atoms with Gasteiger partial charge in [-0.15, -0.1) is 0 Å². The van der Waals surface area contributed by atoms with Crippen LogP contribution in [0.15, 0.2) is 41.1 Å². The molecule has 0 fully saturated rings. The molecule has 8 nitrogen and oxygen atoms in total. The van der Waals surface area contributed by atoms with Gasteiger partial charge in [0.1, 0.15) is 12.0 Å². The van der Waals surface area contributed by atoms with Gasteiger partial charge in [-0.2, -0.15) is 14.6 Å². The lowest BCUT2D eigenvalue weighted by Gasteiger charge is -2.06. The van der Waals surface area contributed by atoms with Crippen LogP contribution in [0.5, 0.6) is 0 Å². The molecule has 3 N–H and O–H groups in total. The monoisotopic (exact) mass is 329 g/mol. The van der Waals surface area contributed by atoms with Crippen molar-refractivity contribution in [2.45, 2.75) is 6.42 Å². The van der Waals surface area contributed by atoms with E-state index >= 15 is 0 Å². The van der Waals surface area contributed by atoms with Crippen LogP contribution in [-0.4, -0.2) is 51.9 Å². The maximum Gasteiger partial charge on any atom is 0.325 e. The van der Waals surface area contributed by atoms with E-state index in [1.165, 1.54) is 6.33 Å². The Labute approximate surface area is 138 Å². The van der Waals surface area contributed by atoms with Gasteiger partial charge in [-0.05, 0) is 5.56 Å². The van der Waals surface area contributed by atoms with Crippen molar-refractivity contribution < 1.29 is 14.3 Å². The summed E-state index contributed by atoms with van der Waals surface area (Å²) in [6.45, 7) is 1.56. The number of carbonyl (C=O) groups is 1. The highest BCUT2D eigenvalue weighted by Gasteiger charge is 2.22. The molecule has 0 atom stereocenters. The molecule has 126 valence electrons. The number of amides is 1. The van der Waals surface area contributed by atoms with Crippen molar-refractivity contribution in [2.75, 3.05) is 26.2 Å². The number of aliphatic hydroxyl groups is 1. The van der Waals surface area contributed by atoms with Gasteiger partial charge in [-0.1, -0.05) is 30.3 Å². The van der Waals surface area contributed by atoms with Crippen LogP contribution in [0.3, 0.4) is 0 Å². The Morgan fingerprint density at radius 3 is 2.83 bits per heavy atom. The van der Waals surface area contributed by atoms with Crippen LogP contribution < -0.4 is 10.6 Å². The molecule has 24 heavy (non-hydrogen) atoms. The summed E-state index contributed by atoms with van der Waals surface area (Å²) in [5, 5.41) is 18.6. The Kier molecular flexibility index (Phi) is 5.19. The van der Waals surface area contributed by atoms with E-state index in [9.17, 15) is 4.79 Å². The molecule has 1 amide bonds. The molecular formula is C16H19N5O3. The van der Waals surface area contributed by atoms with E-state index in [0.29, 0.717) is 37.6 Å². The van der Waals surface area contributed by atoms with Crippen LogP contribution in [0, 0.1) is 0 Å². The molecular weight excluding hydrogens is 310 g/mol. The van der Waals surface area contributed by atoms with Gasteiger partial charge in [-0.25, -0.2) is 0 Å². The maximum absolute atomic E-state index is 12.4. The molecule has 0 bridgehead atoms. The van der Waals surface area contributed by atoms with Crippen LogP contribution in [0.25, 0.3) is 5.84 Å². The number of benzene rings is 1. The SMILES string of the molecule is O=C(NCCNCCO)c1oc2ncnn2c1Cc1ccccc1. The standard InChI is InChI=1S/C16H19N5O3/c22-9-8-17-6-7-18-15(23)14-13(10-12-4-2-1-3-5-12)21-16(24-14)19-11-20-21/h1-5,11,17,22H,6-10H2,(H,18,23). The highest BCUT2D eigenvalue weighted by Crippen LogP contribution is 2.18. The fourth-order valence-corrected chi connectivity index (χ4v) is 2.40. The van der Waals surface area contributed by atoms with Crippen LogP contribution in [0.1, 0.15) is 21.8 Å². The number of hydrogen-bond donors (Lipinski definition) is 3. The van der Waals surface area contributed by atoms with Crippen LogP contribution >= 0.6 is 0 Å². The molecule has 8 heteroatoms. The molecule has 0 aliphatic heterocycles. The largest absolute Gasteiger partial charge is 0.416 e. The lowest BCUT2D eigenvalue weighted by molar-refractivity contribution is 0.0927. The number of nitrogens with one attached hydrogen (secondary N) is 2. The van der Waals surface area contributed by atoms with Crippen molar-refractivity contribution in [3.05, 3.63) is 53.7 Å². The number of carbonyl (C=O) groups excluding carboxylic acids is 1. The minimum atomic E-state index is -0.306. The Hall–Kier alpha value is -2.71. The lowest BCUT2D eigenvalue weighted by Crippen LogP contribution is -2.33. The molecule has 3 aromatic rings. The van der Waals surface area contributed by atoms with Gasteiger partial charge in [0.05, 0.1) is 6.61 Å². The van der Waals surface area contributed by atoms with Crippen molar-refractivity contribution in [1.82, 2.24) is 25.2 Å². The van der Waals surface area contributed by atoms with E-state index in [0.717, 1.165) is 5.56 Å². The predicted octanol–water partition coefficient (Wildman–Crippen LogP) is 0.225. The first-order valence-electron chi connectivity index (χ1n) is 7.74. The van der Waals surface area contributed by atoms with Crippen molar-refractivity contribution in [2.24, 2.45) is 0 Å². The summed E-state index contributed by atoms with van der Waals surface area (Å²) in [7, 11) is 0. The van der Waals surface area contributed by atoms with E-state index in [-0.39, 0.29) is 18.3 Å². The number of oxazole rings is 1. The molecule has 0 spiro atoms. The van der Waals surface area contributed by atoms with Crippen molar-refractivity contribution in [3.8, 4) is 0 Å². The summed E-state index contributed by atoms with van der Waals surface area (Å²) in [5.41, 5.74) is 1.71. The summed E-state index contributed by atoms with van der Waals surface area (Å²) in [6, 6.07) is 9.80. The van der Waals surface area contributed by atoms with Gasteiger partial charge in [0, 0.05) is 26.1 Å². The van der Waals surface area contributed by atoms with Gasteiger partial charge in [0.15, 0.2) is 0 Å². The first-order chi connectivity index (χ1) is 11.8. The quantitative estimate of drug-likeness (QED) is 0.511. The first kappa shape index (κ1) is 16.2. The zero-order chi connectivity index (χ0) is 16.8. The number of fused-ring (bicyclic) bond motifs is 1. The summed E-state index contributed by atoms with van der Waals surface area (Å²) < 4.78 is 7.12. The second-order valence-corrected chi connectivity index (χ2v) is 5.22. The van der Waals surface area contributed by atoms with E-state index in [4.69, 9.17) is 9.52 Å². The van der Waals surface area contributed by atoms with Gasteiger partial charge in [-0.3, -0.25) is 4.79 Å². The summed E-state index contributed by atoms with van der Waals surface area (Å²) in [4.78, 5) is 16.4. The molecule has 0 aliphatic carbocycles. The van der Waals surface area contributed by atoms with Crippen molar-refractivity contribution in [1.29, 1.82) is 0 Å². The minimum absolute atomic E-state index is 0.0657. The average Bonchev–Trinajstić information content (AvgIpc) is 3.18. The van der Waals surface area contributed by atoms with Crippen molar-refractivity contribution in [3.63, 3.8) is 0 Å². The van der Waals surface area contributed by atoms with E-state index in [1.807, 2.05) is 30.3 Å². The topological polar surface area (TPSA) is 105 Å². The van der Waals surface area contributed by atoms with E-state index < -0.39 is 0 Å². The number of hydrogen-bond acceptors (Lipinski definition) is 6. The number of rotatable bonds is 8.